The minimum absolute atomic E-state index is 0.103. The van der Waals surface area contributed by atoms with Crippen molar-refractivity contribution >= 4 is 35.0 Å². The van der Waals surface area contributed by atoms with Crippen molar-refractivity contribution in [1.29, 1.82) is 0 Å². The number of nitrogens with one attached hydrogen (secondary N) is 1. The Morgan fingerprint density at radius 2 is 2.29 bits per heavy atom. The molecule has 0 aromatic carbocycles. The summed E-state index contributed by atoms with van der Waals surface area (Å²) in [7, 11) is 1.32. The molecule has 1 heterocycles. The van der Waals surface area contributed by atoms with Crippen molar-refractivity contribution in [2.24, 2.45) is 0 Å². The van der Waals surface area contributed by atoms with Gasteiger partial charge in [0.05, 0.1) is 13.3 Å². The van der Waals surface area contributed by atoms with Crippen LogP contribution in [0.2, 0.25) is 10.3 Å². The highest BCUT2D eigenvalue weighted by Crippen LogP contribution is 2.19. The summed E-state index contributed by atoms with van der Waals surface area (Å²) in [5.74, 6) is 0.0143. The van der Waals surface area contributed by atoms with Crippen LogP contribution in [0.15, 0.2) is 17.8 Å². The monoisotopic (exact) mass is 275 g/mol. The van der Waals surface area contributed by atoms with Crippen molar-refractivity contribution in [1.82, 2.24) is 9.97 Å². The number of nitrogens with zero attached hydrogens (tertiary/aromatic N) is 2. The molecule has 0 aliphatic rings. The van der Waals surface area contributed by atoms with Gasteiger partial charge in [0.25, 0.3) is 0 Å². The van der Waals surface area contributed by atoms with Crippen LogP contribution in [0, 0.1) is 0 Å². The Hall–Kier alpha value is -1.33. The third-order valence-corrected chi connectivity index (χ3v) is 2.27. The van der Waals surface area contributed by atoms with Gasteiger partial charge in [-0.2, -0.15) is 4.98 Å². The first kappa shape index (κ1) is 13.7. The summed E-state index contributed by atoms with van der Waals surface area (Å²) in [4.78, 5) is 18.6. The van der Waals surface area contributed by atoms with Crippen LogP contribution in [0.4, 0.5) is 5.82 Å². The smallest absolute Gasteiger partial charge is 0.330 e. The molecule has 0 amide bonds. The second-order valence-corrected chi connectivity index (χ2v) is 3.95. The number of hydrogen-bond donors (Lipinski definition) is 1. The van der Waals surface area contributed by atoms with Gasteiger partial charge < -0.3 is 10.1 Å². The van der Waals surface area contributed by atoms with Gasteiger partial charge in [-0.15, -0.1) is 0 Å². The van der Waals surface area contributed by atoms with Crippen LogP contribution in [0.25, 0.3) is 0 Å². The SMILES string of the molecule is COC(=O)/C=C(\C)CNc1nc(Cl)ncc1Cl. The van der Waals surface area contributed by atoms with Crippen LogP contribution in [-0.2, 0) is 9.53 Å². The highest BCUT2D eigenvalue weighted by atomic mass is 35.5. The number of ether oxygens (including phenoxy) is 1. The minimum Gasteiger partial charge on any atom is -0.466 e. The summed E-state index contributed by atoms with van der Waals surface area (Å²) in [5, 5.41) is 3.40. The van der Waals surface area contributed by atoms with E-state index in [1.807, 2.05) is 0 Å². The quantitative estimate of drug-likeness (QED) is 0.519. The van der Waals surface area contributed by atoms with Gasteiger partial charge in [-0.3, -0.25) is 0 Å². The molecule has 0 aliphatic heterocycles. The fourth-order valence-electron chi connectivity index (χ4n) is 1.00. The lowest BCUT2D eigenvalue weighted by atomic mass is 10.3. The second-order valence-electron chi connectivity index (χ2n) is 3.20. The average Bonchev–Trinajstić information content (AvgIpc) is 2.30. The van der Waals surface area contributed by atoms with Crippen LogP contribution in [0.3, 0.4) is 0 Å². The largest absolute Gasteiger partial charge is 0.466 e. The van der Waals surface area contributed by atoms with Gasteiger partial charge in [0.2, 0.25) is 5.28 Å². The summed E-state index contributed by atoms with van der Waals surface area (Å²) >= 11 is 11.5. The highest BCUT2D eigenvalue weighted by Gasteiger charge is 2.04. The van der Waals surface area contributed by atoms with E-state index >= 15 is 0 Å². The van der Waals surface area contributed by atoms with Crippen LogP contribution >= 0.6 is 23.2 Å². The normalized spacial score (nSPS) is 11.2. The first-order valence-electron chi connectivity index (χ1n) is 4.70. The van der Waals surface area contributed by atoms with Crippen LogP contribution in [-0.4, -0.2) is 29.6 Å². The molecule has 1 aromatic heterocycles. The highest BCUT2D eigenvalue weighted by molar-refractivity contribution is 6.33. The molecule has 7 heteroatoms. The molecule has 0 radical (unpaired) electrons. The first-order chi connectivity index (χ1) is 8.02. The predicted octanol–water partition coefficient (Wildman–Crippen LogP) is 2.31. The molecule has 0 fully saturated rings. The van der Waals surface area contributed by atoms with E-state index in [0.717, 1.165) is 5.57 Å². The Bertz CT molecular complexity index is 449. The van der Waals surface area contributed by atoms with Crippen molar-refractivity contribution in [3.63, 3.8) is 0 Å². The molecule has 0 saturated heterocycles. The second kappa shape index (κ2) is 6.42. The molecule has 0 bridgehead atoms. The Kier molecular flexibility index (Phi) is 5.18. The number of halogens is 2. The molecule has 17 heavy (non-hydrogen) atoms. The Labute approximate surface area is 109 Å². The lowest BCUT2D eigenvalue weighted by Crippen LogP contribution is -2.07. The summed E-state index contributed by atoms with van der Waals surface area (Å²) in [6.07, 6.45) is 2.78. The van der Waals surface area contributed by atoms with E-state index in [4.69, 9.17) is 23.2 Å². The van der Waals surface area contributed by atoms with Crippen molar-refractivity contribution in [2.45, 2.75) is 6.92 Å². The van der Waals surface area contributed by atoms with Gasteiger partial charge in [-0.1, -0.05) is 11.6 Å². The van der Waals surface area contributed by atoms with Gasteiger partial charge in [-0.05, 0) is 24.1 Å². The summed E-state index contributed by atoms with van der Waals surface area (Å²) in [6, 6.07) is 0. The molecule has 1 N–H and O–H groups in total. The fourth-order valence-corrected chi connectivity index (χ4v) is 1.30. The summed E-state index contributed by atoms with van der Waals surface area (Å²) in [5.41, 5.74) is 0.780. The molecule has 1 aromatic rings. The Balaban J connectivity index is 2.64. The lowest BCUT2D eigenvalue weighted by molar-refractivity contribution is -0.134. The van der Waals surface area contributed by atoms with Gasteiger partial charge in [0, 0.05) is 12.6 Å². The molecule has 0 aliphatic carbocycles. The van der Waals surface area contributed by atoms with Crippen molar-refractivity contribution in [3.05, 3.63) is 28.2 Å². The summed E-state index contributed by atoms with van der Waals surface area (Å²) < 4.78 is 4.50. The van der Waals surface area contributed by atoms with E-state index in [0.29, 0.717) is 17.4 Å². The zero-order chi connectivity index (χ0) is 12.8. The molecule has 92 valence electrons. The topological polar surface area (TPSA) is 64.1 Å². The van der Waals surface area contributed by atoms with E-state index < -0.39 is 5.97 Å². The zero-order valence-electron chi connectivity index (χ0n) is 9.33. The minimum atomic E-state index is -0.406. The van der Waals surface area contributed by atoms with Crippen molar-refractivity contribution in [2.75, 3.05) is 19.0 Å². The number of esters is 1. The molecule has 5 nitrogen and oxygen atoms in total. The van der Waals surface area contributed by atoms with E-state index in [1.54, 1.807) is 6.92 Å². The number of anilines is 1. The van der Waals surface area contributed by atoms with Gasteiger partial charge in [0.1, 0.15) is 10.8 Å². The molecular weight excluding hydrogens is 265 g/mol. The summed E-state index contributed by atoms with van der Waals surface area (Å²) in [6.45, 7) is 2.18. The maximum atomic E-state index is 11.0. The van der Waals surface area contributed by atoms with E-state index in [-0.39, 0.29) is 5.28 Å². The Morgan fingerprint density at radius 3 is 2.94 bits per heavy atom. The van der Waals surface area contributed by atoms with E-state index in [9.17, 15) is 4.79 Å². The Morgan fingerprint density at radius 1 is 1.59 bits per heavy atom. The van der Waals surface area contributed by atoms with Crippen LogP contribution < -0.4 is 5.32 Å². The van der Waals surface area contributed by atoms with Gasteiger partial charge in [0.15, 0.2) is 0 Å². The predicted molar refractivity (Wildman–Crippen MR) is 66.3 cm³/mol. The molecule has 0 atom stereocenters. The van der Waals surface area contributed by atoms with Crippen LogP contribution in [0.1, 0.15) is 6.92 Å². The van der Waals surface area contributed by atoms with E-state index in [2.05, 4.69) is 20.0 Å². The fraction of sp³-hybridized carbons (Fsp3) is 0.300. The van der Waals surface area contributed by atoms with Crippen molar-refractivity contribution < 1.29 is 9.53 Å². The third-order valence-electron chi connectivity index (χ3n) is 1.81. The van der Waals surface area contributed by atoms with Gasteiger partial charge >= 0.3 is 5.97 Å². The third kappa shape index (κ3) is 4.58. The number of carbonyl (C=O) groups is 1. The lowest BCUT2D eigenvalue weighted by Gasteiger charge is -2.07. The number of rotatable bonds is 4. The average molecular weight is 276 g/mol. The molecule has 0 saturated carbocycles. The van der Waals surface area contributed by atoms with Gasteiger partial charge in [-0.25, -0.2) is 9.78 Å². The number of methoxy groups -OCH3 is 1. The first-order valence-corrected chi connectivity index (χ1v) is 5.45. The van der Waals surface area contributed by atoms with E-state index in [1.165, 1.54) is 19.4 Å². The van der Waals surface area contributed by atoms with Crippen molar-refractivity contribution in [3.8, 4) is 0 Å². The standard InChI is InChI=1S/C10H11Cl2N3O2/c1-6(3-8(16)17-2)4-13-9-7(11)5-14-10(12)15-9/h3,5H,4H2,1-2H3,(H,13,14,15)/b6-3+. The molecule has 1 rings (SSSR count). The maximum absolute atomic E-state index is 11.0. The number of aromatic nitrogens is 2. The number of hydrogen-bond acceptors (Lipinski definition) is 5. The maximum Gasteiger partial charge on any atom is 0.330 e. The molecule has 0 spiro atoms. The number of carbonyl (C=O) groups excluding carboxylic acids is 1. The zero-order valence-corrected chi connectivity index (χ0v) is 10.8. The molecule has 0 unspecified atom stereocenters. The van der Waals surface area contributed by atoms with Crippen LogP contribution in [0.5, 0.6) is 0 Å². The molecular formula is C10H11Cl2N3O2.